The first-order chi connectivity index (χ1) is 13.0. The number of ether oxygens (including phenoxy) is 3. The summed E-state index contributed by atoms with van der Waals surface area (Å²) in [4.78, 5) is 11.5. The number of allylic oxidation sites excluding steroid dienone is 2. The van der Waals surface area contributed by atoms with Crippen molar-refractivity contribution in [3.63, 3.8) is 0 Å². The molecule has 6 nitrogen and oxygen atoms in total. The first kappa shape index (κ1) is 21.8. The molecule has 2 N–H and O–H groups in total. The van der Waals surface area contributed by atoms with Crippen LogP contribution in [0, 0.1) is 17.3 Å². The van der Waals surface area contributed by atoms with Gasteiger partial charge in [0, 0.05) is 6.92 Å². The fraction of sp³-hybridized carbons (Fsp3) is 0.864. The lowest BCUT2D eigenvalue weighted by atomic mass is 9.56. The largest absolute Gasteiger partial charge is 0.454 e. The van der Waals surface area contributed by atoms with Crippen molar-refractivity contribution in [3.05, 3.63) is 11.6 Å². The zero-order chi connectivity index (χ0) is 20.7. The van der Waals surface area contributed by atoms with E-state index in [4.69, 9.17) is 14.2 Å². The van der Waals surface area contributed by atoms with E-state index in [0.717, 1.165) is 12.8 Å². The van der Waals surface area contributed by atoms with Gasteiger partial charge in [0.15, 0.2) is 12.4 Å². The van der Waals surface area contributed by atoms with Crippen LogP contribution in [0.25, 0.3) is 0 Å². The van der Waals surface area contributed by atoms with Crippen LogP contribution >= 0.6 is 0 Å². The average Bonchev–Trinajstić information content (AvgIpc) is 2.60. The Morgan fingerprint density at radius 2 is 2.04 bits per heavy atom. The van der Waals surface area contributed by atoms with E-state index in [-0.39, 0.29) is 6.61 Å². The standard InChI is InChI=1S/C22H36O6/c1-13-7-6-9-22(5)10-8-15(11-16(13)22)21(3,4)28-20-19(27-14(2)23)18(25)17(24)12-26-20/h7,15-20,24-25H,6,8-12H2,1-5H3. The first-order valence-electron chi connectivity index (χ1n) is 10.5. The van der Waals surface area contributed by atoms with E-state index >= 15 is 0 Å². The van der Waals surface area contributed by atoms with Crippen molar-refractivity contribution in [1.29, 1.82) is 0 Å². The van der Waals surface area contributed by atoms with Gasteiger partial charge in [0.05, 0.1) is 12.2 Å². The summed E-state index contributed by atoms with van der Waals surface area (Å²) >= 11 is 0. The molecular formula is C22H36O6. The minimum Gasteiger partial charge on any atom is -0.454 e. The Labute approximate surface area is 168 Å². The number of carbonyl (C=O) groups is 1. The maximum absolute atomic E-state index is 11.5. The Bertz CT molecular complexity index is 614. The Morgan fingerprint density at radius 3 is 2.71 bits per heavy atom. The van der Waals surface area contributed by atoms with Gasteiger partial charge in [-0.1, -0.05) is 18.6 Å². The molecule has 0 aromatic rings. The molecule has 1 saturated carbocycles. The summed E-state index contributed by atoms with van der Waals surface area (Å²) in [6, 6.07) is 0. The molecular weight excluding hydrogens is 360 g/mol. The first-order valence-corrected chi connectivity index (χ1v) is 10.5. The Balaban J connectivity index is 1.72. The summed E-state index contributed by atoms with van der Waals surface area (Å²) in [5.41, 5.74) is 1.34. The van der Waals surface area contributed by atoms with E-state index in [1.807, 2.05) is 13.8 Å². The molecule has 1 heterocycles. The third-order valence-electron chi connectivity index (χ3n) is 7.29. The maximum atomic E-state index is 11.5. The number of rotatable bonds is 4. The van der Waals surface area contributed by atoms with Gasteiger partial charge in [0.1, 0.15) is 12.2 Å². The SMILES string of the molecule is CC(=O)OC1C(OC(C)(C)C2CCC3(C)CCC=C(C)C3C2)OCC(O)C1O. The fourth-order valence-electron chi connectivity index (χ4n) is 5.38. The van der Waals surface area contributed by atoms with Crippen molar-refractivity contribution < 1.29 is 29.2 Å². The third-order valence-corrected chi connectivity index (χ3v) is 7.29. The molecule has 7 atom stereocenters. The highest BCUT2D eigenvalue weighted by atomic mass is 16.7. The van der Waals surface area contributed by atoms with Crippen molar-refractivity contribution >= 4 is 5.97 Å². The maximum Gasteiger partial charge on any atom is 0.303 e. The molecule has 0 spiro atoms. The van der Waals surface area contributed by atoms with Crippen molar-refractivity contribution in [3.8, 4) is 0 Å². The molecule has 28 heavy (non-hydrogen) atoms. The second-order valence-corrected chi connectivity index (χ2v) is 9.72. The van der Waals surface area contributed by atoms with Crippen LogP contribution in [0.15, 0.2) is 11.6 Å². The molecule has 3 aliphatic rings. The van der Waals surface area contributed by atoms with E-state index in [0.29, 0.717) is 17.3 Å². The Morgan fingerprint density at radius 1 is 1.32 bits per heavy atom. The van der Waals surface area contributed by atoms with Crippen LogP contribution in [-0.2, 0) is 19.0 Å². The second kappa shape index (κ2) is 8.05. The van der Waals surface area contributed by atoms with Crippen LogP contribution in [0.3, 0.4) is 0 Å². The number of carbonyl (C=O) groups excluding carboxylic acids is 1. The molecule has 0 aromatic heterocycles. The summed E-state index contributed by atoms with van der Waals surface area (Å²) in [7, 11) is 0. The van der Waals surface area contributed by atoms with Gasteiger partial charge < -0.3 is 24.4 Å². The van der Waals surface area contributed by atoms with Crippen LogP contribution in [0.4, 0.5) is 0 Å². The lowest BCUT2D eigenvalue weighted by Crippen LogP contribution is -2.58. The summed E-state index contributed by atoms with van der Waals surface area (Å²) in [5.74, 6) is 0.356. The van der Waals surface area contributed by atoms with Crippen LogP contribution in [0.1, 0.15) is 66.7 Å². The minimum atomic E-state index is -1.23. The van der Waals surface area contributed by atoms with E-state index in [2.05, 4.69) is 19.9 Å². The van der Waals surface area contributed by atoms with Crippen LogP contribution in [0.5, 0.6) is 0 Å². The Kier molecular flexibility index (Phi) is 6.26. The topological polar surface area (TPSA) is 85.2 Å². The fourth-order valence-corrected chi connectivity index (χ4v) is 5.38. The molecule has 0 bridgehead atoms. The van der Waals surface area contributed by atoms with Crippen molar-refractivity contribution in [2.75, 3.05) is 6.61 Å². The van der Waals surface area contributed by atoms with Gasteiger partial charge >= 0.3 is 5.97 Å². The highest BCUT2D eigenvalue weighted by molar-refractivity contribution is 5.66. The molecule has 160 valence electrons. The summed E-state index contributed by atoms with van der Waals surface area (Å²) in [6.07, 6.45) is 3.83. The number of esters is 1. The molecule has 6 heteroatoms. The smallest absolute Gasteiger partial charge is 0.303 e. The third kappa shape index (κ3) is 4.30. The van der Waals surface area contributed by atoms with Gasteiger partial charge in [0.25, 0.3) is 0 Å². The van der Waals surface area contributed by atoms with E-state index in [1.165, 1.54) is 31.8 Å². The van der Waals surface area contributed by atoms with Crippen molar-refractivity contribution in [2.45, 2.75) is 96.9 Å². The van der Waals surface area contributed by atoms with Gasteiger partial charge in [-0.05, 0) is 70.1 Å². The van der Waals surface area contributed by atoms with Gasteiger partial charge in [0.2, 0.25) is 0 Å². The molecule has 0 radical (unpaired) electrons. The number of hydrogen-bond donors (Lipinski definition) is 2. The van der Waals surface area contributed by atoms with Crippen molar-refractivity contribution in [1.82, 2.24) is 0 Å². The lowest BCUT2D eigenvalue weighted by Gasteiger charge is -2.51. The number of hydrogen-bond acceptors (Lipinski definition) is 6. The van der Waals surface area contributed by atoms with Gasteiger partial charge in [-0.25, -0.2) is 0 Å². The van der Waals surface area contributed by atoms with E-state index in [9.17, 15) is 15.0 Å². The molecule has 1 aliphatic heterocycles. The summed E-state index contributed by atoms with van der Waals surface area (Å²) < 4.78 is 17.2. The lowest BCUT2D eigenvalue weighted by molar-refractivity contribution is -0.308. The van der Waals surface area contributed by atoms with E-state index in [1.54, 1.807) is 0 Å². The van der Waals surface area contributed by atoms with Crippen LogP contribution < -0.4 is 0 Å². The number of aliphatic hydroxyl groups excluding tert-OH is 2. The van der Waals surface area contributed by atoms with Crippen LogP contribution in [0.2, 0.25) is 0 Å². The normalized spacial score (nSPS) is 41.8. The number of fused-ring (bicyclic) bond motifs is 1. The Hall–Kier alpha value is -0.950. The predicted octanol–water partition coefficient (Wildman–Crippen LogP) is 2.95. The highest BCUT2D eigenvalue weighted by Gasteiger charge is 2.49. The second-order valence-electron chi connectivity index (χ2n) is 9.72. The zero-order valence-corrected chi connectivity index (χ0v) is 17.8. The summed E-state index contributed by atoms with van der Waals surface area (Å²) in [6.45, 7) is 9.98. The van der Waals surface area contributed by atoms with Gasteiger partial charge in [-0.2, -0.15) is 0 Å². The molecule has 0 aromatic carbocycles. The molecule has 7 unspecified atom stereocenters. The number of aliphatic hydroxyl groups is 2. The molecule has 1 saturated heterocycles. The van der Waals surface area contributed by atoms with Gasteiger partial charge in [-0.3, -0.25) is 4.79 Å². The van der Waals surface area contributed by atoms with Crippen LogP contribution in [-0.4, -0.2) is 53.0 Å². The highest BCUT2D eigenvalue weighted by Crippen LogP contribution is 2.54. The average molecular weight is 397 g/mol. The molecule has 2 aliphatic carbocycles. The van der Waals surface area contributed by atoms with E-state index < -0.39 is 36.2 Å². The minimum absolute atomic E-state index is 0.0487. The zero-order valence-electron chi connectivity index (χ0n) is 17.8. The quantitative estimate of drug-likeness (QED) is 0.561. The predicted molar refractivity (Wildman–Crippen MR) is 104 cm³/mol. The molecule has 2 fully saturated rings. The molecule has 0 amide bonds. The molecule has 3 rings (SSSR count). The summed E-state index contributed by atoms with van der Waals surface area (Å²) in [5, 5.41) is 20.2. The monoisotopic (exact) mass is 396 g/mol. The van der Waals surface area contributed by atoms with Crippen molar-refractivity contribution in [2.24, 2.45) is 17.3 Å². The van der Waals surface area contributed by atoms with Gasteiger partial charge in [-0.15, -0.1) is 0 Å².